The van der Waals surface area contributed by atoms with Crippen LogP contribution in [0, 0.1) is 0 Å². The van der Waals surface area contributed by atoms with Gasteiger partial charge in [0.15, 0.2) is 0 Å². The van der Waals surface area contributed by atoms with E-state index in [1.807, 2.05) is 29.6 Å². The van der Waals surface area contributed by atoms with Gasteiger partial charge >= 0.3 is 0 Å². The first-order valence-corrected chi connectivity index (χ1v) is 7.83. The minimum absolute atomic E-state index is 0.0125. The molecule has 5 heteroatoms. The van der Waals surface area contributed by atoms with Crippen LogP contribution in [0.3, 0.4) is 0 Å². The minimum atomic E-state index is -0.0125. The van der Waals surface area contributed by atoms with E-state index in [4.69, 9.17) is 11.6 Å². The Hall–Kier alpha value is -1.65. The van der Waals surface area contributed by atoms with Crippen molar-refractivity contribution in [2.75, 3.05) is 0 Å². The minimum Gasteiger partial charge on any atom is -0.295 e. The zero-order chi connectivity index (χ0) is 13.9. The first kappa shape index (κ1) is 13.3. The fourth-order valence-electron chi connectivity index (χ4n) is 2.22. The zero-order valence-electron chi connectivity index (χ0n) is 10.8. The standard InChI is InChI=1S/C15H13ClN2OS/c16-9-14-17-13-4-2-1-3-12(13)15(19)18(14)7-5-11-6-8-20-10-11/h1-4,6,8,10H,5,7,9H2. The van der Waals surface area contributed by atoms with Gasteiger partial charge in [-0.25, -0.2) is 4.98 Å². The molecular weight excluding hydrogens is 292 g/mol. The molecule has 0 amide bonds. The molecule has 102 valence electrons. The molecule has 0 bridgehead atoms. The van der Waals surface area contributed by atoms with Crippen molar-refractivity contribution < 1.29 is 0 Å². The van der Waals surface area contributed by atoms with E-state index in [9.17, 15) is 4.79 Å². The smallest absolute Gasteiger partial charge is 0.261 e. The second kappa shape index (κ2) is 5.77. The summed E-state index contributed by atoms with van der Waals surface area (Å²) in [6.45, 7) is 0.607. The molecule has 0 atom stereocenters. The number of alkyl halides is 1. The molecule has 3 rings (SSSR count). The van der Waals surface area contributed by atoms with Crippen molar-refractivity contribution in [2.45, 2.75) is 18.8 Å². The second-order valence-corrected chi connectivity index (χ2v) is 5.56. The van der Waals surface area contributed by atoms with Crippen LogP contribution in [0.5, 0.6) is 0 Å². The van der Waals surface area contributed by atoms with Gasteiger partial charge in [-0.3, -0.25) is 9.36 Å². The Morgan fingerprint density at radius 2 is 2.10 bits per heavy atom. The molecule has 0 radical (unpaired) electrons. The lowest BCUT2D eigenvalue weighted by molar-refractivity contribution is 0.635. The molecule has 0 aliphatic heterocycles. The summed E-state index contributed by atoms with van der Waals surface area (Å²) in [7, 11) is 0. The number of halogens is 1. The summed E-state index contributed by atoms with van der Waals surface area (Å²) in [6.07, 6.45) is 0.813. The van der Waals surface area contributed by atoms with E-state index in [1.54, 1.807) is 15.9 Å². The Bertz CT molecular complexity index is 780. The summed E-state index contributed by atoms with van der Waals surface area (Å²) in [6, 6.07) is 9.46. The topological polar surface area (TPSA) is 34.9 Å². The third kappa shape index (κ3) is 2.49. The van der Waals surface area contributed by atoms with Gasteiger partial charge in [0.2, 0.25) is 0 Å². The zero-order valence-corrected chi connectivity index (χ0v) is 12.3. The van der Waals surface area contributed by atoms with Crippen molar-refractivity contribution in [3.05, 3.63) is 62.8 Å². The number of thiophene rings is 1. The molecule has 2 heterocycles. The maximum atomic E-state index is 12.5. The Balaban J connectivity index is 2.04. The average molecular weight is 305 g/mol. The number of rotatable bonds is 4. The highest BCUT2D eigenvalue weighted by Crippen LogP contribution is 2.12. The van der Waals surface area contributed by atoms with Crippen LogP contribution in [0.1, 0.15) is 11.4 Å². The van der Waals surface area contributed by atoms with Crippen LogP contribution in [0.25, 0.3) is 10.9 Å². The summed E-state index contributed by atoms with van der Waals surface area (Å²) in [5.41, 5.74) is 1.93. The molecule has 0 saturated heterocycles. The van der Waals surface area contributed by atoms with Crippen LogP contribution in [0.15, 0.2) is 45.9 Å². The van der Waals surface area contributed by atoms with Gasteiger partial charge in [-0.05, 0) is 40.9 Å². The number of aromatic nitrogens is 2. The quantitative estimate of drug-likeness (QED) is 0.692. The van der Waals surface area contributed by atoms with E-state index in [0.717, 1.165) is 6.42 Å². The summed E-state index contributed by atoms with van der Waals surface area (Å²) in [5, 5.41) is 4.78. The molecule has 0 saturated carbocycles. The van der Waals surface area contributed by atoms with Gasteiger partial charge in [0, 0.05) is 6.54 Å². The number of hydrogen-bond acceptors (Lipinski definition) is 3. The highest BCUT2D eigenvalue weighted by molar-refractivity contribution is 7.07. The largest absolute Gasteiger partial charge is 0.295 e. The van der Waals surface area contributed by atoms with Crippen LogP contribution in [0.4, 0.5) is 0 Å². The molecule has 3 nitrogen and oxygen atoms in total. The van der Waals surface area contributed by atoms with Crippen molar-refractivity contribution in [1.82, 2.24) is 9.55 Å². The number of fused-ring (bicyclic) bond motifs is 1. The highest BCUT2D eigenvalue weighted by atomic mass is 35.5. The SMILES string of the molecule is O=c1c2ccccc2nc(CCl)n1CCc1ccsc1. The molecule has 2 aromatic heterocycles. The molecule has 1 aromatic carbocycles. The molecule has 0 unspecified atom stereocenters. The van der Waals surface area contributed by atoms with Gasteiger partial charge in [-0.2, -0.15) is 11.3 Å². The molecule has 0 N–H and O–H groups in total. The lowest BCUT2D eigenvalue weighted by Gasteiger charge is -2.11. The van der Waals surface area contributed by atoms with Crippen LogP contribution in [-0.2, 0) is 18.8 Å². The van der Waals surface area contributed by atoms with Crippen molar-refractivity contribution in [3.8, 4) is 0 Å². The van der Waals surface area contributed by atoms with E-state index >= 15 is 0 Å². The van der Waals surface area contributed by atoms with E-state index in [0.29, 0.717) is 23.3 Å². The molecular formula is C15H13ClN2OS. The van der Waals surface area contributed by atoms with Crippen LogP contribution in [-0.4, -0.2) is 9.55 Å². The first-order valence-electron chi connectivity index (χ1n) is 6.35. The monoisotopic (exact) mass is 304 g/mol. The predicted octanol–water partition coefficient (Wildman–Crippen LogP) is 3.44. The van der Waals surface area contributed by atoms with Gasteiger partial charge in [0.05, 0.1) is 16.8 Å². The Labute approximate surface area is 125 Å². The molecule has 20 heavy (non-hydrogen) atoms. The third-order valence-electron chi connectivity index (χ3n) is 3.26. The molecule has 0 spiro atoms. The van der Waals surface area contributed by atoms with Crippen molar-refractivity contribution in [3.63, 3.8) is 0 Å². The molecule has 0 aliphatic rings. The lowest BCUT2D eigenvalue weighted by Crippen LogP contribution is -2.25. The highest BCUT2D eigenvalue weighted by Gasteiger charge is 2.10. The lowest BCUT2D eigenvalue weighted by atomic mass is 10.2. The van der Waals surface area contributed by atoms with Crippen LogP contribution in [0.2, 0.25) is 0 Å². The summed E-state index contributed by atoms with van der Waals surface area (Å²) >= 11 is 7.61. The van der Waals surface area contributed by atoms with Gasteiger partial charge in [0.25, 0.3) is 5.56 Å². The summed E-state index contributed by atoms with van der Waals surface area (Å²) < 4.78 is 1.69. The van der Waals surface area contributed by atoms with E-state index in [1.165, 1.54) is 5.56 Å². The van der Waals surface area contributed by atoms with Crippen molar-refractivity contribution >= 4 is 33.8 Å². The second-order valence-electron chi connectivity index (χ2n) is 4.52. The third-order valence-corrected chi connectivity index (χ3v) is 4.24. The number of nitrogens with zero attached hydrogens (tertiary/aromatic N) is 2. The number of aryl methyl sites for hydroxylation is 1. The Morgan fingerprint density at radius 1 is 1.25 bits per heavy atom. The molecule has 3 aromatic rings. The predicted molar refractivity (Wildman–Crippen MR) is 83.6 cm³/mol. The van der Waals surface area contributed by atoms with Crippen LogP contribution >= 0.6 is 22.9 Å². The average Bonchev–Trinajstić information content (AvgIpc) is 2.99. The molecule has 0 aliphatic carbocycles. The fraction of sp³-hybridized carbons (Fsp3) is 0.200. The fourth-order valence-corrected chi connectivity index (χ4v) is 3.13. The van der Waals surface area contributed by atoms with Crippen LogP contribution < -0.4 is 5.56 Å². The Morgan fingerprint density at radius 3 is 2.85 bits per heavy atom. The number of hydrogen-bond donors (Lipinski definition) is 0. The van der Waals surface area contributed by atoms with Gasteiger partial charge in [0.1, 0.15) is 5.82 Å². The van der Waals surface area contributed by atoms with Crippen molar-refractivity contribution in [1.29, 1.82) is 0 Å². The van der Waals surface area contributed by atoms with Gasteiger partial charge in [-0.15, -0.1) is 11.6 Å². The van der Waals surface area contributed by atoms with E-state index < -0.39 is 0 Å². The normalized spacial score (nSPS) is 11.1. The van der Waals surface area contributed by atoms with Gasteiger partial charge in [-0.1, -0.05) is 12.1 Å². The number of benzene rings is 1. The molecule has 0 fully saturated rings. The summed E-state index contributed by atoms with van der Waals surface area (Å²) in [5.74, 6) is 0.870. The Kier molecular flexibility index (Phi) is 3.85. The van der Waals surface area contributed by atoms with Gasteiger partial charge < -0.3 is 0 Å². The first-order chi connectivity index (χ1) is 9.79. The summed E-state index contributed by atoms with van der Waals surface area (Å²) in [4.78, 5) is 17.0. The van der Waals surface area contributed by atoms with Crippen molar-refractivity contribution in [2.24, 2.45) is 0 Å². The maximum absolute atomic E-state index is 12.5. The maximum Gasteiger partial charge on any atom is 0.261 e. The van der Waals surface area contributed by atoms with E-state index in [2.05, 4.69) is 16.4 Å². The van der Waals surface area contributed by atoms with E-state index in [-0.39, 0.29) is 11.4 Å². The number of para-hydroxylation sites is 1.